The topological polar surface area (TPSA) is 54.5 Å². The summed E-state index contributed by atoms with van der Waals surface area (Å²) in [5, 5.41) is 7.71. The van der Waals surface area contributed by atoms with Gasteiger partial charge in [-0.3, -0.25) is 5.10 Å². The van der Waals surface area contributed by atoms with Crippen molar-refractivity contribution in [1.29, 1.82) is 0 Å². The van der Waals surface area contributed by atoms with E-state index in [2.05, 4.69) is 34.0 Å². The number of aromatic amines is 1. The van der Waals surface area contributed by atoms with Gasteiger partial charge in [-0.15, -0.1) is 0 Å². The molecule has 0 atom stereocenters. The quantitative estimate of drug-likeness (QED) is 0.836. The fourth-order valence-electron chi connectivity index (χ4n) is 2.80. The SMILES string of the molecule is Cc1cc(-c2[nH]nc3c2CCCC3(C)C)ncn1. The second-order valence-corrected chi connectivity index (χ2v) is 5.71. The molecule has 1 N–H and O–H groups in total. The van der Waals surface area contributed by atoms with Gasteiger partial charge in [0.25, 0.3) is 0 Å². The molecular weight excluding hydrogens is 224 g/mol. The lowest BCUT2D eigenvalue weighted by Gasteiger charge is -2.28. The van der Waals surface area contributed by atoms with Crippen LogP contribution in [0.15, 0.2) is 12.4 Å². The highest BCUT2D eigenvalue weighted by Gasteiger charge is 2.32. The standard InChI is InChI=1S/C14H18N4/c1-9-7-11(16-8-15-9)12-10-5-4-6-14(2,3)13(10)18-17-12/h7-8H,4-6H2,1-3H3,(H,17,18). The third kappa shape index (κ3) is 1.72. The second-order valence-electron chi connectivity index (χ2n) is 5.71. The Kier molecular flexibility index (Phi) is 2.47. The fraction of sp³-hybridized carbons (Fsp3) is 0.500. The molecule has 0 amide bonds. The third-order valence-electron chi connectivity index (χ3n) is 3.80. The van der Waals surface area contributed by atoms with Crippen molar-refractivity contribution in [2.24, 2.45) is 0 Å². The molecule has 18 heavy (non-hydrogen) atoms. The maximum absolute atomic E-state index is 4.53. The molecular formula is C14H18N4. The number of aryl methyl sites for hydroxylation is 1. The number of rotatable bonds is 1. The predicted octanol–water partition coefficient (Wildman–Crippen LogP) is 2.79. The third-order valence-corrected chi connectivity index (χ3v) is 3.80. The number of hydrogen-bond acceptors (Lipinski definition) is 3. The lowest BCUT2D eigenvalue weighted by atomic mass is 9.76. The number of aromatic nitrogens is 4. The normalized spacial score (nSPS) is 17.5. The van der Waals surface area contributed by atoms with E-state index < -0.39 is 0 Å². The van der Waals surface area contributed by atoms with Gasteiger partial charge < -0.3 is 0 Å². The van der Waals surface area contributed by atoms with Gasteiger partial charge in [-0.05, 0) is 32.3 Å². The lowest BCUT2D eigenvalue weighted by molar-refractivity contribution is 0.420. The maximum Gasteiger partial charge on any atom is 0.116 e. The van der Waals surface area contributed by atoms with Crippen LogP contribution in [0.1, 0.15) is 43.6 Å². The highest BCUT2D eigenvalue weighted by molar-refractivity contribution is 5.61. The molecule has 0 saturated heterocycles. The van der Waals surface area contributed by atoms with Crippen LogP contribution in [-0.4, -0.2) is 20.2 Å². The minimum absolute atomic E-state index is 0.171. The first-order chi connectivity index (χ1) is 8.58. The first kappa shape index (κ1) is 11.4. The summed E-state index contributed by atoms with van der Waals surface area (Å²) in [6, 6.07) is 2.01. The summed E-state index contributed by atoms with van der Waals surface area (Å²) in [5.41, 5.74) is 5.73. The van der Waals surface area contributed by atoms with Crippen molar-refractivity contribution in [3.63, 3.8) is 0 Å². The van der Waals surface area contributed by atoms with E-state index in [1.54, 1.807) is 6.33 Å². The highest BCUT2D eigenvalue weighted by atomic mass is 15.1. The van der Waals surface area contributed by atoms with Crippen molar-refractivity contribution in [3.05, 3.63) is 29.3 Å². The predicted molar refractivity (Wildman–Crippen MR) is 70.3 cm³/mol. The zero-order valence-electron chi connectivity index (χ0n) is 11.1. The summed E-state index contributed by atoms with van der Waals surface area (Å²) in [6.07, 6.45) is 5.13. The molecule has 2 aromatic heterocycles. The van der Waals surface area contributed by atoms with Gasteiger partial charge in [0.1, 0.15) is 6.33 Å². The average Bonchev–Trinajstić information content (AvgIpc) is 2.74. The number of fused-ring (bicyclic) bond motifs is 1. The largest absolute Gasteiger partial charge is 0.276 e. The first-order valence-corrected chi connectivity index (χ1v) is 6.45. The van der Waals surface area contributed by atoms with Crippen LogP contribution < -0.4 is 0 Å². The molecule has 2 heterocycles. The minimum atomic E-state index is 0.171. The number of nitrogens with zero attached hydrogens (tertiary/aromatic N) is 3. The summed E-state index contributed by atoms with van der Waals surface area (Å²) in [7, 11) is 0. The van der Waals surface area contributed by atoms with Gasteiger partial charge in [0, 0.05) is 16.7 Å². The van der Waals surface area contributed by atoms with Gasteiger partial charge >= 0.3 is 0 Å². The molecule has 4 heteroatoms. The second kappa shape index (κ2) is 3.90. The zero-order valence-corrected chi connectivity index (χ0v) is 11.1. The van der Waals surface area contributed by atoms with Gasteiger partial charge in [-0.25, -0.2) is 9.97 Å². The van der Waals surface area contributed by atoms with E-state index in [1.807, 2.05) is 13.0 Å². The molecule has 0 spiro atoms. The molecule has 0 bridgehead atoms. The molecule has 0 fully saturated rings. The summed E-state index contributed by atoms with van der Waals surface area (Å²) < 4.78 is 0. The molecule has 1 aliphatic carbocycles. The molecule has 2 aromatic rings. The van der Waals surface area contributed by atoms with Gasteiger partial charge in [0.15, 0.2) is 0 Å². The molecule has 0 aromatic carbocycles. The summed E-state index contributed by atoms with van der Waals surface area (Å²) in [6.45, 7) is 6.51. The van der Waals surface area contributed by atoms with E-state index in [0.717, 1.165) is 23.5 Å². The van der Waals surface area contributed by atoms with E-state index in [4.69, 9.17) is 0 Å². The van der Waals surface area contributed by atoms with Crippen LogP contribution >= 0.6 is 0 Å². The summed E-state index contributed by atoms with van der Waals surface area (Å²) in [5.74, 6) is 0. The van der Waals surface area contributed by atoms with Gasteiger partial charge in [0.05, 0.1) is 17.1 Å². The zero-order chi connectivity index (χ0) is 12.8. The maximum atomic E-state index is 4.53. The molecule has 0 aliphatic heterocycles. The van der Waals surface area contributed by atoms with E-state index >= 15 is 0 Å². The Morgan fingerprint density at radius 1 is 1.28 bits per heavy atom. The van der Waals surface area contributed by atoms with Crippen LogP contribution in [0.3, 0.4) is 0 Å². The number of H-pyrrole nitrogens is 1. The molecule has 0 radical (unpaired) electrons. The highest BCUT2D eigenvalue weighted by Crippen LogP contribution is 2.38. The van der Waals surface area contributed by atoms with Crippen molar-refractivity contribution in [3.8, 4) is 11.4 Å². The molecule has 1 aliphatic rings. The fourth-order valence-corrected chi connectivity index (χ4v) is 2.80. The molecule has 4 nitrogen and oxygen atoms in total. The van der Waals surface area contributed by atoms with Crippen molar-refractivity contribution in [2.45, 2.75) is 45.4 Å². The Morgan fingerprint density at radius 2 is 2.11 bits per heavy atom. The van der Waals surface area contributed by atoms with Crippen molar-refractivity contribution in [2.75, 3.05) is 0 Å². The summed E-state index contributed by atoms with van der Waals surface area (Å²) >= 11 is 0. The van der Waals surface area contributed by atoms with E-state index in [9.17, 15) is 0 Å². The van der Waals surface area contributed by atoms with Crippen molar-refractivity contribution < 1.29 is 0 Å². The van der Waals surface area contributed by atoms with Crippen LogP contribution in [-0.2, 0) is 11.8 Å². The Morgan fingerprint density at radius 3 is 2.89 bits per heavy atom. The molecule has 0 unspecified atom stereocenters. The van der Waals surface area contributed by atoms with Gasteiger partial charge in [0.2, 0.25) is 0 Å². The Labute approximate surface area is 107 Å². The Balaban J connectivity index is 2.13. The van der Waals surface area contributed by atoms with Gasteiger partial charge in [-0.2, -0.15) is 5.10 Å². The average molecular weight is 242 g/mol. The van der Waals surface area contributed by atoms with Crippen LogP contribution in [0.25, 0.3) is 11.4 Å². The minimum Gasteiger partial charge on any atom is -0.276 e. The number of hydrogen-bond donors (Lipinski definition) is 1. The molecule has 94 valence electrons. The Bertz CT molecular complexity index is 583. The van der Waals surface area contributed by atoms with Crippen LogP contribution in [0, 0.1) is 6.92 Å². The van der Waals surface area contributed by atoms with Crippen molar-refractivity contribution >= 4 is 0 Å². The van der Waals surface area contributed by atoms with Gasteiger partial charge in [-0.1, -0.05) is 13.8 Å². The molecule has 0 saturated carbocycles. The van der Waals surface area contributed by atoms with E-state index in [-0.39, 0.29) is 5.41 Å². The monoisotopic (exact) mass is 242 g/mol. The smallest absolute Gasteiger partial charge is 0.116 e. The lowest BCUT2D eigenvalue weighted by Crippen LogP contribution is -2.23. The number of nitrogens with one attached hydrogen (secondary N) is 1. The van der Waals surface area contributed by atoms with E-state index in [0.29, 0.717) is 0 Å². The van der Waals surface area contributed by atoms with Crippen molar-refractivity contribution in [1.82, 2.24) is 20.2 Å². The summed E-state index contributed by atoms with van der Waals surface area (Å²) in [4.78, 5) is 8.50. The molecule has 3 rings (SSSR count). The van der Waals surface area contributed by atoms with E-state index in [1.165, 1.54) is 24.1 Å². The van der Waals surface area contributed by atoms with Crippen LogP contribution in [0.4, 0.5) is 0 Å². The first-order valence-electron chi connectivity index (χ1n) is 6.45. The Hall–Kier alpha value is -1.71. The van der Waals surface area contributed by atoms with Crippen LogP contribution in [0.5, 0.6) is 0 Å². The van der Waals surface area contributed by atoms with Crippen LogP contribution in [0.2, 0.25) is 0 Å².